The molecular formula is C9H14F2N2S. The van der Waals surface area contributed by atoms with Crippen molar-refractivity contribution in [2.75, 3.05) is 12.3 Å². The van der Waals surface area contributed by atoms with Gasteiger partial charge in [-0.25, -0.2) is 8.78 Å². The van der Waals surface area contributed by atoms with Gasteiger partial charge in [0.1, 0.15) is 6.54 Å². The van der Waals surface area contributed by atoms with Crippen LogP contribution in [0.4, 0.5) is 8.78 Å². The highest BCUT2D eigenvalue weighted by Gasteiger charge is 2.31. The van der Waals surface area contributed by atoms with Crippen LogP contribution in [0.1, 0.15) is 19.3 Å². The number of hydrogen-bond acceptors (Lipinski definition) is 2. The maximum atomic E-state index is 11.9. The summed E-state index contributed by atoms with van der Waals surface area (Å²) in [6.45, 7) is -0.368. The van der Waals surface area contributed by atoms with Gasteiger partial charge in [0.15, 0.2) is 5.17 Å². The molecule has 0 bridgehead atoms. The second kappa shape index (κ2) is 4.47. The standard InChI is InChI=1S/C9H14F2N2S/c10-8(11)4-12-9-13-7-3-1-2-6(7)5-14-9/h6-8H,1-5H2,(H,12,13). The average molecular weight is 220 g/mol. The lowest BCUT2D eigenvalue weighted by Crippen LogP contribution is -2.41. The summed E-state index contributed by atoms with van der Waals surface area (Å²) < 4.78 is 23.8. The molecule has 14 heavy (non-hydrogen) atoms. The highest BCUT2D eigenvalue weighted by Crippen LogP contribution is 2.32. The molecule has 2 nitrogen and oxygen atoms in total. The molecule has 0 aromatic carbocycles. The number of nitrogens with one attached hydrogen (secondary N) is 1. The number of nitrogens with zero attached hydrogens (tertiary/aromatic N) is 1. The minimum Gasteiger partial charge on any atom is -0.362 e. The van der Waals surface area contributed by atoms with Gasteiger partial charge >= 0.3 is 0 Å². The molecule has 0 amide bonds. The van der Waals surface area contributed by atoms with Gasteiger partial charge in [0.25, 0.3) is 6.43 Å². The van der Waals surface area contributed by atoms with Crippen LogP contribution in [0.5, 0.6) is 0 Å². The third-order valence-corrected chi connectivity index (χ3v) is 3.89. The van der Waals surface area contributed by atoms with E-state index in [0.717, 1.165) is 11.7 Å². The smallest absolute Gasteiger partial charge is 0.257 e. The maximum Gasteiger partial charge on any atom is 0.257 e. The Morgan fingerprint density at radius 1 is 1.50 bits per heavy atom. The van der Waals surface area contributed by atoms with Gasteiger partial charge in [-0.05, 0) is 18.8 Å². The fourth-order valence-electron chi connectivity index (χ4n) is 2.06. The first-order chi connectivity index (χ1) is 6.75. The number of rotatable bonds is 2. The largest absolute Gasteiger partial charge is 0.362 e. The molecule has 1 saturated heterocycles. The molecule has 2 atom stereocenters. The van der Waals surface area contributed by atoms with Crippen molar-refractivity contribution in [2.24, 2.45) is 10.9 Å². The first kappa shape index (κ1) is 10.2. The van der Waals surface area contributed by atoms with Gasteiger partial charge in [-0.1, -0.05) is 18.2 Å². The van der Waals surface area contributed by atoms with Crippen LogP contribution in [0.25, 0.3) is 0 Å². The quantitative estimate of drug-likeness (QED) is 0.770. The molecule has 0 spiro atoms. The molecule has 2 aliphatic rings. The molecule has 2 rings (SSSR count). The van der Waals surface area contributed by atoms with Crippen molar-refractivity contribution in [3.05, 3.63) is 0 Å². The lowest BCUT2D eigenvalue weighted by Gasteiger charge is -2.27. The Kier molecular flexibility index (Phi) is 3.26. The van der Waals surface area contributed by atoms with Crippen LogP contribution >= 0.6 is 11.8 Å². The van der Waals surface area contributed by atoms with Crippen molar-refractivity contribution in [1.29, 1.82) is 0 Å². The SMILES string of the molecule is FC(F)CN=C1NC2CCCC2CS1. The van der Waals surface area contributed by atoms with E-state index in [-0.39, 0.29) is 6.54 Å². The maximum absolute atomic E-state index is 11.9. The molecule has 1 aliphatic heterocycles. The van der Waals surface area contributed by atoms with Crippen LogP contribution < -0.4 is 5.32 Å². The van der Waals surface area contributed by atoms with Crippen LogP contribution in [0, 0.1) is 5.92 Å². The zero-order valence-electron chi connectivity index (χ0n) is 7.88. The Balaban J connectivity index is 1.87. The number of amidine groups is 1. The molecule has 0 aromatic heterocycles. The lowest BCUT2D eigenvalue weighted by atomic mass is 10.1. The fourth-order valence-corrected chi connectivity index (χ4v) is 3.23. The average Bonchev–Trinajstić information content (AvgIpc) is 2.61. The predicted octanol–water partition coefficient (Wildman–Crippen LogP) is 2.11. The first-order valence-electron chi connectivity index (χ1n) is 4.97. The summed E-state index contributed by atoms with van der Waals surface area (Å²) in [5.41, 5.74) is 0. The molecule has 1 heterocycles. The highest BCUT2D eigenvalue weighted by atomic mass is 32.2. The van der Waals surface area contributed by atoms with Crippen LogP contribution in [0.3, 0.4) is 0 Å². The fraction of sp³-hybridized carbons (Fsp3) is 0.889. The summed E-state index contributed by atoms with van der Waals surface area (Å²) in [5, 5.41) is 3.97. The van der Waals surface area contributed by atoms with Gasteiger partial charge in [-0.15, -0.1) is 0 Å². The summed E-state index contributed by atoms with van der Waals surface area (Å²) in [7, 11) is 0. The molecule has 1 N–H and O–H groups in total. The summed E-state index contributed by atoms with van der Waals surface area (Å²) in [4.78, 5) is 3.86. The molecule has 0 radical (unpaired) electrons. The van der Waals surface area contributed by atoms with E-state index in [0.29, 0.717) is 11.2 Å². The number of halogens is 2. The molecular weight excluding hydrogens is 206 g/mol. The minimum absolute atomic E-state index is 0.368. The molecule has 1 aliphatic carbocycles. The third-order valence-electron chi connectivity index (χ3n) is 2.77. The number of alkyl halides is 2. The van der Waals surface area contributed by atoms with Crippen molar-refractivity contribution in [2.45, 2.75) is 31.7 Å². The minimum atomic E-state index is -2.33. The van der Waals surface area contributed by atoms with Gasteiger partial charge in [-0.3, -0.25) is 4.99 Å². The number of fused-ring (bicyclic) bond motifs is 1. The summed E-state index contributed by atoms with van der Waals surface area (Å²) >= 11 is 1.59. The summed E-state index contributed by atoms with van der Waals surface area (Å²) in [6.07, 6.45) is 1.36. The van der Waals surface area contributed by atoms with Crippen LogP contribution in [0.2, 0.25) is 0 Å². The molecule has 1 saturated carbocycles. The van der Waals surface area contributed by atoms with Crippen molar-refractivity contribution in [3.63, 3.8) is 0 Å². The second-order valence-corrected chi connectivity index (χ2v) is 4.80. The molecule has 80 valence electrons. The monoisotopic (exact) mass is 220 g/mol. The van der Waals surface area contributed by atoms with Crippen molar-refractivity contribution < 1.29 is 8.78 Å². The predicted molar refractivity (Wildman–Crippen MR) is 55.0 cm³/mol. The Hall–Kier alpha value is -0.320. The van der Waals surface area contributed by atoms with Crippen LogP contribution in [-0.2, 0) is 0 Å². The Bertz CT molecular complexity index is 233. The van der Waals surface area contributed by atoms with E-state index in [1.807, 2.05) is 0 Å². The summed E-state index contributed by atoms with van der Waals surface area (Å²) in [6, 6.07) is 0.493. The summed E-state index contributed by atoms with van der Waals surface area (Å²) in [5.74, 6) is 1.77. The zero-order valence-corrected chi connectivity index (χ0v) is 8.70. The Morgan fingerprint density at radius 2 is 2.36 bits per heavy atom. The zero-order chi connectivity index (χ0) is 9.97. The molecule has 0 aromatic rings. The van der Waals surface area contributed by atoms with Crippen molar-refractivity contribution in [3.8, 4) is 0 Å². The van der Waals surface area contributed by atoms with E-state index in [2.05, 4.69) is 10.3 Å². The van der Waals surface area contributed by atoms with E-state index in [1.165, 1.54) is 19.3 Å². The third kappa shape index (κ3) is 2.38. The topological polar surface area (TPSA) is 24.4 Å². The number of hydrogen-bond donors (Lipinski definition) is 1. The van der Waals surface area contributed by atoms with Crippen molar-refractivity contribution >= 4 is 16.9 Å². The normalized spacial score (nSPS) is 34.6. The van der Waals surface area contributed by atoms with Crippen LogP contribution in [0.15, 0.2) is 4.99 Å². The Labute approximate surface area is 86.5 Å². The number of thioether (sulfide) groups is 1. The first-order valence-corrected chi connectivity index (χ1v) is 5.96. The second-order valence-electron chi connectivity index (χ2n) is 3.79. The van der Waals surface area contributed by atoms with Crippen LogP contribution in [-0.4, -0.2) is 29.9 Å². The highest BCUT2D eigenvalue weighted by molar-refractivity contribution is 8.13. The number of aliphatic imine (C=N–C) groups is 1. The van der Waals surface area contributed by atoms with Gasteiger partial charge < -0.3 is 5.32 Å². The molecule has 2 unspecified atom stereocenters. The van der Waals surface area contributed by atoms with E-state index < -0.39 is 6.43 Å². The molecule has 5 heteroatoms. The van der Waals surface area contributed by atoms with Gasteiger partial charge in [-0.2, -0.15) is 0 Å². The Morgan fingerprint density at radius 3 is 3.14 bits per heavy atom. The van der Waals surface area contributed by atoms with E-state index in [1.54, 1.807) is 11.8 Å². The van der Waals surface area contributed by atoms with Crippen molar-refractivity contribution in [1.82, 2.24) is 5.32 Å². The van der Waals surface area contributed by atoms with E-state index in [4.69, 9.17) is 0 Å². The van der Waals surface area contributed by atoms with Gasteiger partial charge in [0.2, 0.25) is 0 Å². The molecule has 2 fully saturated rings. The van der Waals surface area contributed by atoms with Gasteiger partial charge in [0, 0.05) is 11.8 Å². The van der Waals surface area contributed by atoms with E-state index in [9.17, 15) is 8.78 Å². The van der Waals surface area contributed by atoms with E-state index >= 15 is 0 Å². The lowest BCUT2D eigenvalue weighted by molar-refractivity contribution is 0.158. The van der Waals surface area contributed by atoms with Gasteiger partial charge in [0.05, 0.1) is 0 Å².